The summed E-state index contributed by atoms with van der Waals surface area (Å²) in [5.41, 5.74) is 1.44. The Morgan fingerprint density at radius 1 is 1.28 bits per heavy atom. The van der Waals surface area contributed by atoms with Crippen molar-refractivity contribution in [3.63, 3.8) is 0 Å². The first-order chi connectivity index (χ1) is 12.0. The number of esters is 2. The topological polar surface area (TPSA) is 84.0 Å². The molecule has 0 saturated heterocycles. The number of rotatable bonds is 4. The molecule has 0 bridgehead atoms. The number of nitrogens with zero attached hydrogens (tertiary/aromatic N) is 1. The molecule has 7 heteroatoms. The number of benzene rings is 1. The molecule has 0 atom stereocenters. The van der Waals surface area contributed by atoms with Crippen LogP contribution in [0.1, 0.15) is 28.5 Å². The highest BCUT2D eigenvalue weighted by Gasteiger charge is 2.28. The highest BCUT2D eigenvalue weighted by molar-refractivity contribution is 6.22. The number of aromatic nitrogens is 1. The maximum atomic E-state index is 12.5. The SMILES string of the molecule is C=C(C(=O)OC)c1c(C(=O)OCC)c(C)nc2c3c(ccc12)OCO3. The number of fused-ring (bicyclic) bond motifs is 3. The zero-order chi connectivity index (χ0) is 18.1. The zero-order valence-corrected chi connectivity index (χ0v) is 14.2. The van der Waals surface area contributed by atoms with Gasteiger partial charge in [-0.25, -0.2) is 14.6 Å². The van der Waals surface area contributed by atoms with E-state index in [1.54, 1.807) is 26.0 Å². The third-order valence-corrected chi connectivity index (χ3v) is 3.89. The van der Waals surface area contributed by atoms with Crippen LogP contribution in [0.15, 0.2) is 18.7 Å². The second-order valence-electron chi connectivity index (χ2n) is 5.33. The molecule has 1 aromatic heterocycles. The molecule has 25 heavy (non-hydrogen) atoms. The minimum atomic E-state index is -0.643. The highest BCUT2D eigenvalue weighted by atomic mass is 16.7. The first-order valence-electron chi connectivity index (χ1n) is 7.67. The lowest BCUT2D eigenvalue weighted by Crippen LogP contribution is -2.15. The van der Waals surface area contributed by atoms with Crippen molar-refractivity contribution >= 4 is 28.4 Å². The Morgan fingerprint density at radius 3 is 2.72 bits per heavy atom. The quantitative estimate of drug-likeness (QED) is 0.623. The Kier molecular flexibility index (Phi) is 4.31. The van der Waals surface area contributed by atoms with Crippen LogP contribution in [-0.4, -0.2) is 37.4 Å². The summed E-state index contributed by atoms with van der Waals surface area (Å²) in [5, 5.41) is 0.535. The third kappa shape index (κ3) is 2.67. The van der Waals surface area contributed by atoms with Gasteiger partial charge in [-0.3, -0.25) is 0 Å². The Labute approximate surface area is 144 Å². The van der Waals surface area contributed by atoms with Crippen LogP contribution in [0, 0.1) is 6.92 Å². The van der Waals surface area contributed by atoms with E-state index >= 15 is 0 Å². The molecule has 0 fully saturated rings. The van der Waals surface area contributed by atoms with Crippen LogP contribution in [0.4, 0.5) is 0 Å². The maximum absolute atomic E-state index is 12.5. The molecule has 0 aliphatic carbocycles. The number of ether oxygens (including phenoxy) is 4. The van der Waals surface area contributed by atoms with Crippen molar-refractivity contribution in [1.29, 1.82) is 0 Å². The predicted octanol–water partition coefficient (Wildman–Crippen LogP) is 2.63. The monoisotopic (exact) mass is 343 g/mol. The number of aryl methyl sites for hydroxylation is 1. The summed E-state index contributed by atoms with van der Waals surface area (Å²) in [6.45, 7) is 7.45. The molecule has 0 saturated carbocycles. The van der Waals surface area contributed by atoms with Gasteiger partial charge in [0, 0.05) is 10.9 Å². The summed E-state index contributed by atoms with van der Waals surface area (Å²) in [5.74, 6) is -0.199. The largest absolute Gasteiger partial charge is 0.465 e. The smallest absolute Gasteiger partial charge is 0.340 e. The van der Waals surface area contributed by atoms with Crippen molar-refractivity contribution in [1.82, 2.24) is 4.98 Å². The van der Waals surface area contributed by atoms with Crippen molar-refractivity contribution < 1.29 is 28.5 Å². The van der Waals surface area contributed by atoms with Crippen molar-refractivity contribution in [2.24, 2.45) is 0 Å². The summed E-state index contributed by atoms with van der Waals surface area (Å²) in [6.07, 6.45) is 0. The predicted molar refractivity (Wildman–Crippen MR) is 89.6 cm³/mol. The summed E-state index contributed by atoms with van der Waals surface area (Å²) < 4.78 is 20.8. The molecule has 0 radical (unpaired) electrons. The van der Waals surface area contributed by atoms with E-state index in [0.29, 0.717) is 33.7 Å². The molecule has 1 aliphatic rings. The van der Waals surface area contributed by atoms with Gasteiger partial charge in [-0.2, -0.15) is 0 Å². The normalized spacial score (nSPS) is 12.1. The summed E-state index contributed by atoms with van der Waals surface area (Å²) in [6, 6.07) is 3.41. The van der Waals surface area contributed by atoms with Gasteiger partial charge in [-0.1, -0.05) is 6.58 Å². The summed E-state index contributed by atoms with van der Waals surface area (Å²) in [4.78, 5) is 29.0. The van der Waals surface area contributed by atoms with E-state index < -0.39 is 11.9 Å². The van der Waals surface area contributed by atoms with Gasteiger partial charge in [0.05, 0.1) is 30.5 Å². The average molecular weight is 343 g/mol. The van der Waals surface area contributed by atoms with Gasteiger partial charge in [0.25, 0.3) is 0 Å². The number of hydrogen-bond donors (Lipinski definition) is 0. The minimum absolute atomic E-state index is 0.0416. The number of methoxy groups -OCH3 is 1. The first kappa shape index (κ1) is 16.8. The first-order valence-corrected chi connectivity index (χ1v) is 7.67. The molecule has 3 rings (SSSR count). The van der Waals surface area contributed by atoms with Crippen LogP contribution < -0.4 is 9.47 Å². The van der Waals surface area contributed by atoms with Crippen LogP contribution in [0.2, 0.25) is 0 Å². The van der Waals surface area contributed by atoms with Crippen molar-refractivity contribution in [2.45, 2.75) is 13.8 Å². The van der Waals surface area contributed by atoms with Gasteiger partial charge in [0.2, 0.25) is 6.79 Å². The molecule has 0 unspecified atom stereocenters. The molecule has 0 amide bonds. The maximum Gasteiger partial charge on any atom is 0.340 e. The van der Waals surface area contributed by atoms with Crippen LogP contribution >= 0.6 is 0 Å². The number of pyridine rings is 1. The molecule has 0 spiro atoms. The van der Waals surface area contributed by atoms with Gasteiger partial charge in [0.15, 0.2) is 11.5 Å². The van der Waals surface area contributed by atoms with Crippen LogP contribution in [-0.2, 0) is 14.3 Å². The molecule has 1 aromatic carbocycles. The van der Waals surface area contributed by atoms with Gasteiger partial charge < -0.3 is 18.9 Å². The molecule has 2 heterocycles. The minimum Gasteiger partial charge on any atom is -0.465 e. The Morgan fingerprint density at radius 2 is 2.04 bits per heavy atom. The fourth-order valence-corrected chi connectivity index (χ4v) is 2.80. The van der Waals surface area contributed by atoms with Gasteiger partial charge in [-0.15, -0.1) is 0 Å². The second-order valence-corrected chi connectivity index (χ2v) is 5.33. The number of hydrogen-bond acceptors (Lipinski definition) is 7. The zero-order valence-electron chi connectivity index (χ0n) is 14.2. The standard InChI is InChI=1S/C18H17NO6/c1-5-23-18(21)14-10(3)19-15-11(13(14)9(2)17(20)22-4)6-7-12-16(15)25-8-24-12/h6-7H,2,5,8H2,1,3-4H3. The van der Waals surface area contributed by atoms with E-state index in [2.05, 4.69) is 11.6 Å². The Bertz CT molecular complexity index is 902. The molecule has 130 valence electrons. The lowest BCUT2D eigenvalue weighted by atomic mass is 9.94. The molecular weight excluding hydrogens is 326 g/mol. The second kappa shape index (κ2) is 6.43. The summed E-state index contributed by atoms with van der Waals surface area (Å²) in [7, 11) is 1.25. The fourth-order valence-electron chi connectivity index (χ4n) is 2.80. The van der Waals surface area contributed by atoms with Gasteiger partial charge >= 0.3 is 11.9 Å². The molecule has 1 aliphatic heterocycles. The van der Waals surface area contributed by atoms with Gasteiger partial charge in [-0.05, 0) is 26.0 Å². The lowest BCUT2D eigenvalue weighted by molar-refractivity contribution is -0.133. The van der Waals surface area contributed by atoms with E-state index in [9.17, 15) is 9.59 Å². The van der Waals surface area contributed by atoms with E-state index in [0.717, 1.165) is 0 Å². The average Bonchev–Trinajstić information content (AvgIpc) is 3.08. The van der Waals surface area contributed by atoms with Crippen molar-refractivity contribution in [3.05, 3.63) is 35.5 Å². The summed E-state index contributed by atoms with van der Waals surface area (Å²) >= 11 is 0. The molecular formula is C18H17NO6. The van der Waals surface area contributed by atoms with Gasteiger partial charge in [0.1, 0.15) is 5.52 Å². The third-order valence-electron chi connectivity index (χ3n) is 3.89. The van der Waals surface area contributed by atoms with Crippen LogP contribution in [0.25, 0.3) is 16.5 Å². The van der Waals surface area contributed by atoms with Crippen LogP contribution in [0.5, 0.6) is 11.5 Å². The van der Waals surface area contributed by atoms with Crippen molar-refractivity contribution in [2.75, 3.05) is 20.5 Å². The highest BCUT2D eigenvalue weighted by Crippen LogP contribution is 2.41. The number of carbonyl (C=O) groups is 2. The fraction of sp³-hybridized carbons (Fsp3) is 0.278. The van der Waals surface area contributed by atoms with Crippen LogP contribution in [0.3, 0.4) is 0 Å². The molecule has 7 nitrogen and oxygen atoms in total. The van der Waals surface area contributed by atoms with E-state index in [1.165, 1.54) is 7.11 Å². The Balaban J connectivity index is 2.36. The Hall–Kier alpha value is -3.09. The van der Waals surface area contributed by atoms with E-state index in [1.807, 2.05) is 0 Å². The molecule has 0 N–H and O–H groups in total. The molecule has 2 aromatic rings. The lowest BCUT2D eigenvalue weighted by Gasteiger charge is -2.16. The van der Waals surface area contributed by atoms with Crippen molar-refractivity contribution in [3.8, 4) is 11.5 Å². The van der Waals surface area contributed by atoms with E-state index in [-0.39, 0.29) is 24.5 Å². The van der Waals surface area contributed by atoms with E-state index in [4.69, 9.17) is 18.9 Å². The number of carbonyl (C=O) groups excluding carboxylic acids is 2.